The number of carbonyl (C=O) groups is 1. The average Bonchev–Trinajstić information content (AvgIpc) is 3.13. The van der Waals surface area contributed by atoms with Crippen molar-refractivity contribution in [2.24, 2.45) is 0 Å². The number of anilines is 2. The SMILES string of the molecule is C[C@H]1Cc2ccccc2N1C(=O)CN(c1ccc([N+](=O)[O-])cc1)S(=O)(=O)c1ccccc1. The Balaban J connectivity index is 1.73. The summed E-state index contributed by atoms with van der Waals surface area (Å²) in [4.78, 5) is 25.5. The second kappa shape index (κ2) is 8.43. The third-order valence-corrected chi connectivity index (χ3v) is 7.22. The number of sulfonamides is 1. The molecule has 4 rings (SSSR count). The Kier molecular flexibility index (Phi) is 5.67. The Bertz CT molecular complexity index is 1260. The summed E-state index contributed by atoms with van der Waals surface area (Å²) in [6, 6.07) is 20.4. The van der Waals surface area contributed by atoms with E-state index in [4.69, 9.17) is 0 Å². The van der Waals surface area contributed by atoms with Crippen LogP contribution in [0.2, 0.25) is 0 Å². The number of hydrogen-bond acceptors (Lipinski definition) is 5. The third kappa shape index (κ3) is 3.94. The van der Waals surface area contributed by atoms with E-state index in [-0.39, 0.29) is 28.2 Å². The van der Waals surface area contributed by atoms with E-state index in [0.29, 0.717) is 6.42 Å². The first kappa shape index (κ1) is 21.5. The van der Waals surface area contributed by atoms with Crippen LogP contribution in [0.4, 0.5) is 17.1 Å². The van der Waals surface area contributed by atoms with Crippen LogP contribution in [0, 0.1) is 10.1 Å². The van der Waals surface area contributed by atoms with Crippen molar-refractivity contribution in [3.63, 3.8) is 0 Å². The van der Waals surface area contributed by atoms with Crippen molar-refractivity contribution < 1.29 is 18.1 Å². The fourth-order valence-electron chi connectivity index (χ4n) is 3.92. The lowest BCUT2D eigenvalue weighted by atomic mass is 10.1. The zero-order valence-corrected chi connectivity index (χ0v) is 18.1. The average molecular weight is 452 g/mol. The lowest BCUT2D eigenvalue weighted by molar-refractivity contribution is -0.384. The number of hydrogen-bond donors (Lipinski definition) is 0. The molecule has 0 aromatic heterocycles. The molecule has 0 bridgehead atoms. The quantitative estimate of drug-likeness (QED) is 0.419. The molecule has 1 amide bonds. The molecule has 9 heteroatoms. The topological polar surface area (TPSA) is 101 Å². The molecule has 3 aromatic carbocycles. The lowest BCUT2D eigenvalue weighted by Crippen LogP contribution is -2.45. The first-order chi connectivity index (χ1) is 15.3. The maximum Gasteiger partial charge on any atom is 0.269 e. The summed E-state index contributed by atoms with van der Waals surface area (Å²) in [5, 5.41) is 11.0. The number of nitro groups is 1. The van der Waals surface area contributed by atoms with Gasteiger partial charge >= 0.3 is 0 Å². The van der Waals surface area contributed by atoms with Gasteiger partial charge < -0.3 is 4.90 Å². The minimum Gasteiger partial charge on any atom is -0.307 e. The van der Waals surface area contributed by atoms with Crippen molar-refractivity contribution in [2.75, 3.05) is 15.7 Å². The molecule has 0 saturated heterocycles. The van der Waals surface area contributed by atoms with Gasteiger partial charge in [0.15, 0.2) is 0 Å². The Hall–Kier alpha value is -3.72. The number of benzene rings is 3. The van der Waals surface area contributed by atoms with Gasteiger partial charge in [-0.15, -0.1) is 0 Å². The smallest absolute Gasteiger partial charge is 0.269 e. The summed E-state index contributed by atoms with van der Waals surface area (Å²) in [6.07, 6.45) is 0.685. The van der Waals surface area contributed by atoms with Crippen molar-refractivity contribution in [3.8, 4) is 0 Å². The number of rotatable bonds is 6. The van der Waals surface area contributed by atoms with Crippen LogP contribution >= 0.6 is 0 Å². The van der Waals surface area contributed by atoms with Gasteiger partial charge in [0, 0.05) is 23.9 Å². The van der Waals surface area contributed by atoms with E-state index in [0.717, 1.165) is 15.6 Å². The molecule has 8 nitrogen and oxygen atoms in total. The largest absolute Gasteiger partial charge is 0.307 e. The minimum atomic E-state index is -4.09. The monoisotopic (exact) mass is 451 g/mol. The van der Waals surface area contributed by atoms with Gasteiger partial charge in [0.25, 0.3) is 15.7 Å². The van der Waals surface area contributed by atoms with Gasteiger partial charge in [0.1, 0.15) is 6.54 Å². The lowest BCUT2D eigenvalue weighted by Gasteiger charge is -2.28. The number of para-hydroxylation sites is 1. The molecule has 32 heavy (non-hydrogen) atoms. The first-order valence-corrected chi connectivity index (χ1v) is 11.5. The summed E-state index contributed by atoms with van der Waals surface area (Å²) in [6.45, 7) is 1.48. The molecule has 0 N–H and O–H groups in total. The van der Waals surface area contributed by atoms with Gasteiger partial charge in [0.2, 0.25) is 5.91 Å². The van der Waals surface area contributed by atoms with E-state index in [1.54, 1.807) is 23.1 Å². The summed E-state index contributed by atoms with van der Waals surface area (Å²) in [5.74, 6) is -0.375. The molecular formula is C23H21N3O5S. The summed E-state index contributed by atoms with van der Waals surface area (Å²) in [5.41, 5.74) is 1.80. The standard InChI is InChI=1S/C23H21N3O5S/c1-17-15-18-7-5-6-10-22(18)25(17)23(27)16-24(19-11-13-20(14-12-19)26(28)29)32(30,31)21-8-3-2-4-9-21/h2-14,17H,15-16H2,1H3/t17-/m0/s1. The van der Waals surface area contributed by atoms with Crippen molar-refractivity contribution in [2.45, 2.75) is 24.3 Å². The predicted octanol–water partition coefficient (Wildman–Crippen LogP) is 3.77. The Morgan fingerprint density at radius 1 is 1.03 bits per heavy atom. The molecule has 1 aliphatic rings. The first-order valence-electron chi connectivity index (χ1n) is 10.0. The highest BCUT2D eigenvalue weighted by atomic mass is 32.2. The molecule has 0 radical (unpaired) electrons. The number of carbonyl (C=O) groups excluding carboxylic acids is 1. The fourth-order valence-corrected chi connectivity index (χ4v) is 5.36. The van der Waals surface area contributed by atoms with Gasteiger partial charge in [-0.25, -0.2) is 8.42 Å². The van der Waals surface area contributed by atoms with Crippen LogP contribution in [-0.4, -0.2) is 31.8 Å². The number of non-ortho nitro benzene ring substituents is 1. The van der Waals surface area contributed by atoms with Crippen LogP contribution in [0.5, 0.6) is 0 Å². The molecular weight excluding hydrogens is 430 g/mol. The van der Waals surface area contributed by atoms with E-state index < -0.39 is 21.5 Å². The van der Waals surface area contributed by atoms with E-state index in [1.165, 1.54) is 36.4 Å². The highest BCUT2D eigenvalue weighted by Gasteiger charge is 2.34. The second-order valence-electron chi connectivity index (χ2n) is 7.54. The molecule has 0 aliphatic carbocycles. The van der Waals surface area contributed by atoms with Crippen LogP contribution in [0.3, 0.4) is 0 Å². The summed E-state index contributed by atoms with van der Waals surface area (Å²) < 4.78 is 27.9. The highest BCUT2D eigenvalue weighted by Crippen LogP contribution is 2.33. The van der Waals surface area contributed by atoms with E-state index >= 15 is 0 Å². The minimum absolute atomic E-state index is 0.0287. The maximum absolute atomic E-state index is 13.5. The molecule has 0 spiro atoms. The number of nitrogens with zero attached hydrogens (tertiary/aromatic N) is 3. The van der Waals surface area contributed by atoms with Crippen LogP contribution in [-0.2, 0) is 21.2 Å². The van der Waals surface area contributed by atoms with Crippen LogP contribution < -0.4 is 9.21 Å². The number of nitro benzene ring substituents is 1. The van der Waals surface area contributed by atoms with E-state index in [2.05, 4.69) is 0 Å². The highest BCUT2D eigenvalue weighted by molar-refractivity contribution is 7.92. The Labute approximate surface area is 185 Å². The zero-order chi connectivity index (χ0) is 22.9. The van der Waals surface area contributed by atoms with Crippen LogP contribution in [0.15, 0.2) is 83.8 Å². The molecule has 0 saturated carbocycles. The molecule has 164 valence electrons. The van der Waals surface area contributed by atoms with Gasteiger partial charge in [-0.3, -0.25) is 19.2 Å². The Morgan fingerprint density at radius 2 is 1.66 bits per heavy atom. The van der Waals surface area contributed by atoms with Gasteiger partial charge in [-0.2, -0.15) is 0 Å². The third-order valence-electron chi connectivity index (χ3n) is 5.43. The van der Waals surface area contributed by atoms with Crippen LogP contribution in [0.25, 0.3) is 0 Å². The van der Waals surface area contributed by atoms with Crippen LogP contribution in [0.1, 0.15) is 12.5 Å². The molecule has 0 unspecified atom stereocenters. The van der Waals surface area contributed by atoms with Crippen molar-refractivity contribution in [3.05, 3.63) is 94.5 Å². The molecule has 1 aliphatic heterocycles. The normalized spacial score (nSPS) is 15.3. The van der Waals surface area contributed by atoms with Crippen molar-refractivity contribution in [1.82, 2.24) is 0 Å². The van der Waals surface area contributed by atoms with E-state index in [1.807, 2.05) is 31.2 Å². The summed E-state index contributed by atoms with van der Waals surface area (Å²) in [7, 11) is -4.09. The number of amides is 1. The summed E-state index contributed by atoms with van der Waals surface area (Å²) >= 11 is 0. The fraction of sp³-hybridized carbons (Fsp3) is 0.174. The zero-order valence-electron chi connectivity index (χ0n) is 17.3. The van der Waals surface area contributed by atoms with E-state index in [9.17, 15) is 23.3 Å². The molecule has 1 heterocycles. The van der Waals surface area contributed by atoms with Crippen molar-refractivity contribution >= 4 is 33.0 Å². The second-order valence-corrected chi connectivity index (χ2v) is 9.41. The predicted molar refractivity (Wildman–Crippen MR) is 121 cm³/mol. The number of fused-ring (bicyclic) bond motifs is 1. The maximum atomic E-state index is 13.5. The van der Waals surface area contributed by atoms with Gasteiger partial charge in [0.05, 0.1) is 15.5 Å². The van der Waals surface area contributed by atoms with Gasteiger partial charge in [-0.05, 0) is 49.2 Å². The molecule has 1 atom stereocenters. The van der Waals surface area contributed by atoms with Crippen molar-refractivity contribution in [1.29, 1.82) is 0 Å². The van der Waals surface area contributed by atoms with Gasteiger partial charge in [-0.1, -0.05) is 36.4 Å². The molecule has 0 fully saturated rings. The Morgan fingerprint density at radius 3 is 2.31 bits per heavy atom. The molecule has 3 aromatic rings.